The fourth-order valence-corrected chi connectivity index (χ4v) is 2.46. The lowest BCUT2D eigenvalue weighted by molar-refractivity contribution is -0.384. The van der Waals surface area contributed by atoms with E-state index in [4.69, 9.17) is 4.42 Å². The molecule has 1 atom stereocenters. The number of hydrogen-bond donors (Lipinski definition) is 1. The first-order valence-corrected chi connectivity index (χ1v) is 8.06. The van der Waals surface area contributed by atoms with Crippen molar-refractivity contribution in [3.05, 3.63) is 74.8 Å². The maximum absolute atomic E-state index is 12.6. The number of hydrogen-bond acceptors (Lipinski definition) is 6. The Labute approximate surface area is 153 Å². The molecule has 27 heavy (non-hydrogen) atoms. The van der Waals surface area contributed by atoms with E-state index < -0.39 is 22.4 Å². The standard InChI is InChI=1S/C18H16N4O5/c1-11-5-6-13(22(25)26)10-15(11)19-18(24)12(2)21-17(23)8-7-14(20-21)16-4-3-9-27-16/h3-10,12H,1-2H3,(H,19,24). The summed E-state index contributed by atoms with van der Waals surface area (Å²) in [5.41, 5.74) is 0.773. The van der Waals surface area contributed by atoms with Gasteiger partial charge in [0.1, 0.15) is 11.7 Å². The minimum absolute atomic E-state index is 0.140. The maximum Gasteiger partial charge on any atom is 0.271 e. The number of non-ortho nitro benzene ring substituents is 1. The molecule has 0 saturated carbocycles. The number of benzene rings is 1. The molecule has 9 heteroatoms. The predicted molar refractivity (Wildman–Crippen MR) is 97.4 cm³/mol. The highest BCUT2D eigenvalue weighted by molar-refractivity contribution is 5.94. The molecule has 1 unspecified atom stereocenters. The molecular weight excluding hydrogens is 352 g/mol. The summed E-state index contributed by atoms with van der Waals surface area (Å²) in [4.78, 5) is 35.1. The number of nitrogens with zero attached hydrogens (tertiary/aromatic N) is 3. The lowest BCUT2D eigenvalue weighted by Crippen LogP contribution is -2.33. The summed E-state index contributed by atoms with van der Waals surface area (Å²) < 4.78 is 6.30. The van der Waals surface area contributed by atoms with Crippen LogP contribution in [0.4, 0.5) is 11.4 Å². The van der Waals surface area contributed by atoms with Gasteiger partial charge < -0.3 is 9.73 Å². The average molecular weight is 368 g/mol. The number of aromatic nitrogens is 2. The third-order valence-corrected chi connectivity index (χ3v) is 4.03. The molecule has 0 bridgehead atoms. The Hall–Kier alpha value is -3.75. The summed E-state index contributed by atoms with van der Waals surface area (Å²) >= 11 is 0. The van der Waals surface area contributed by atoms with Crippen molar-refractivity contribution in [3.8, 4) is 11.5 Å². The van der Waals surface area contributed by atoms with Crippen LogP contribution in [0.1, 0.15) is 18.5 Å². The van der Waals surface area contributed by atoms with Crippen LogP contribution in [0, 0.1) is 17.0 Å². The van der Waals surface area contributed by atoms with E-state index in [0.717, 1.165) is 4.68 Å². The van der Waals surface area contributed by atoms with Crippen molar-refractivity contribution in [2.45, 2.75) is 19.9 Å². The number of nitrogens with one attached hydrogen (secondary N) is 1. The Kier molecular flexibility index (Phi) is 4.84. The van der Waals surface area contributed by atoms with E-state index in [0.29, 0.717) is 22.7 Å². The summed E-state index contributed by atoms with van der Waals surface area (Å²) in [6, 6.07) is 9.41. The van der Waals surface area contributed by atoms with Gasteiger partial charge >= 0.3 is 0 Å². The fraction of sp³-hybridized carbons (Fsp3) is 0.167. The number of nitro groups is 1. The molecule has 138 valence electrons. The van der Waals surface area contributed by atoms with E-state index in [-0.39, 0.29) is 5.69 Å². The summed E-state index contributed by atoms with van der Waals surface area (Å²) in [6.45, 7) is 3.23. The first kappa shape index (κ1) is 18.1. The number of anilines is 1. The van der Waals surface area contributed by atoms with Crippen LogP contribution in [0.2, 0.25) is 0 Å². The summed E-state index contributed by atoms with van der Waals surface area (Å²) in [6.07, 6.45) is 1.48. The molecule has 3 rings (SSSR count). The third kappa shape index (κ3) is 3.76. The summed E-state index contributed by atoms with van der Waals surface area (Å²) in [7, 11) is 0. The molecule has 0 aliphatic carbocycles. The number of rotatable bonds is 5. The molecule has 2 aromatic heterocycles. The number of amides is 1. The molecule has 2 heterocycles. The second-order valence-electron chi connectivity index (χ2n) is 5.90. The second kappa shape index (κ2) is 7.24. The highest BCUT2D eigenvalue weighted by atomic mass is 16.6. The smallest absolute Gasteiger partial charge is 0.271 e. The Morgan fingerprint density at radius 1 is 1.30 bits per heavy atom. The van der Waals surface area contributed by atoms with E-state index in [1.54, 1.807) is 25.1 Å². The van der Waals surface area contributed by atoms with Crippen LogP contribution < -0.4 is 10.9 Å². The average Bonchev–Trinajstić information content (AvgIpc) is 3.17. The highest BCUT2D eigenvalue weighted by Gasteiger charge is 2.20. The van der Waals surface area contributed by atoms with Crippen LogP contribution >= 0.6 is 0 Å². The molecule has 9 nitrogen and oxygen atoms in total. The molecule has 0 spiro atoms. The van der Waals surface area contributed by atoms with Crippen molar-refractivity contribution in [3.63, 3.8) is 0 Å². The zero-order chi connectivity index (χ0) is 19.6. The van der Waals surface area contributed by atoms with Gasteiger partial charge in [-0.3, -0.25) is 19.7 Å². The van der Waals surface area contributed by atoms with Crippen LogP contribution in [0.5, 0.6) is 0 Å². The van der Waals surface area contributed by atoms with Crippen molar-refractivity contribution in [2.24, 2.45) is 0 Å². The monoisotopic (exact) mass is 368 g/mol. The molecule has 0 radical (unpaired) electrons. The number of carbonyl (C=O) groups excluding carboxylic acids is 1. The Morgan fingerprint density at radius 3 is 2.74 bits per heavy atom. The first-order chi connectivity index (χ1) is 12.9. The SMILES string of the molecule is Cc1ccc([N+](=O)[O-])cc1NC(=O)C(C)n1nc(-c2ccco2)ccc1=O. The molecular formula is C18H16N4O5. The van der Waals surface area contributed by atoms with E-state index in [1.807, 2.05) is 0 Å². The lowest BCUT2D eigenvalue weighted by Gasteiger charge is -2.15. The van der Waals surface area contributed by atoms with Crippen LogP contribution in [0.3, 0.4) is 0 Å². The van der Waals surface area contributed by atoms with Gasteiger partial charge in [-0.05, 0) is 37.6 Å². The van der Waals surface area contributed by atoms with Gasteiger partial charge in [0.2, 0.25) is 5.91 Å². The maximum atomic E-state index is 12.6. The van der Waals surface area contributed by atoms with E-state index in [9.17, 15) is 19.7 Å². The molecule has 3 aromatic rings. The van der Waals surface area contributed by atoms with Gasteiger partial charge in [0, 0.05) is 18.2 Å². The van der Waals surface area contributed by atoms with Gasteiger partial charge in [0.05, 0.1) is 16.9 Å². The van der Waals surface area contributed by atoms with Crippen molar-refractivity contribution < 1.29 is 14.1 Å². The highest BCUT2D eigenvalue weighted by Crippen LogP contribution is 2.23. The van der Waals surface area contributed by atoms with E-state index >= 15 is 0 Å². The van der Waals surface area contributed by atoms with Crippen molar-refractivity contribution in [2.75, 3.05) is 5.32 Å². The zero-order valence-corrected chi connectivity index (χ0v) is 14.6. The van der Waals surface area contributed by atoms with Gasteiger partial charge in [0.15, 0.2) is 5.76 Å². The fourth-order valence-electron chi connectivity index (χ4n) is 2.46. The summed E-state index contributed by atoms with van der Waals surface area (Å²) in [5, 5.41) is 17.7. The van der Waals surface area contributed by atoms with Crippen LogP contribution in [-0.4, -0.2) is 20.6 Å². The molecule has 0 aliphatic heterocycles. The van der Waals surface area contributed by atoms with Gasteiger partial charge in [-0.25, -0.2) is 4.68 Å². The number of carbonyl (C=O) groups is 1. The molecule has 1 N–H and O–H groups in total. The van der Waals surface area contributed by atoms with Crippen molar-refractivity contribution in [1.82, 2.24) is 9.78 Å². The van der Waals surface area contributed by atoms with Gasteiger partial charge in [-0.2, -0.15) is 5.10 Å². The van der Waals surface area contributed by atoms with Crippen molar-refractivity contribution in [1.29, 1.82) is 0 Å². The van der Waals surface area contributed by atoms with Crippen LogP contribution in [-0.2, 0) is 4.79 Å². The van der Waals surface area contributed by atoms with E-state index in [2.05, 4.69) is 10.4 Å². The zero-order valence-electron chi connectivity index (χ0n) is 14.6. The largest absolute Gasteiger partial charge is 0.463 e. The summed E-state index contributed by atoms with van der Waals surface area (Å²) in [5.74, 6) is -0.0596. The Bertz CT molecular complexity index is 1060. The second-order valence-corrected chi connectivity index (χ2v) is 5.90. The number of nitro benzene ring substituents is 1. The molecule has 1 aromatic carbocycles. The Morgan fingerprint density at radius 2 is 2.07 bits per heavy atom. The lowest BCUT2D eigenvalue weighted by atomic mass is 10.1. The third-order valence-electron chi connectivity index (χ3n) is 4.03. The molecule has 1 amide bonds. The predicted octanol–water partition coefficient (Wildman–Crippen LogP) is 2.92. The van der Waals surface area contributed by atoms with Gasteiger partial charge in [0.25, 0.3) is 11.2 Å². The quantitative estimate of drug-likeness (QED) is 0.546. The van der Waals surface area contributed by atoms with Crippen molar-refractivity contribution >= 4 is 17.3 Å². The normalized spacial score (nSPS) is 11.8. The van der Waals surface area contributed by atoms with Crippen LogP contribution in [0.15, 0.2) is 57.9 Å². The number of aryl methyl sites for hydroxylation is 1. The molecule has 0 fully saturated rings. The Balaban J connectivity index is 1.88. The van der Waals surface area contributed by atoms with Gasteiger partial charge in [-0.15, -0.1) is 0 Å². The number of furan rings is 1. The molecule has 0 saturated heterocycles. The molecule has 0 aliphatic rings. The van der Waals surface area contributed by atoms with E-state index in [1.165, 1.54) is 37.5 Å². The van der Waals surface area contributed by atoms with Crippen LogP contribution in [0.25, 0.3) is 11.5 Å². The first-order valence-electron chi connectivity index (χ1n) is 8.06. The minimum Gasteiger partial charge on any atom is -0.463 e. The minimum atomic E-state index is -0.939. The van der Waals surface area contributed by atoms with Gasteiger partial charge in [-0.1, -0.05) is 6.07 Å². The topological polar surface area (TPSA) is 120 Å².